The first-order chi connectivity index (χ1) is 21.2. The zero-order valence-electron chi connectivity index (χ0n) is 23.1. The van der Waals surface area contributed by atoms with Crippen LogP contribution in [0.15, 0.2) is 103 Å². The Morgan fingerprint density at radius 2 is 1.16 bits per heavy atom. The van der Waals surface area contributed by atoms with Crippen LogP contribution < -0.4 is 0 Å². The molecule has 220 valence electrons. The van der Waals surface area contributed by atoms with Gasteiger partial charge in [-0.3, -0.25) is 19.3 Å². The number of rotatable bonds is 7. The Morgan fingerprint density at radius 1 is 0.705 bits per heavy atom. The summed E-state index contributed by atoms with van der Waals surface area (Å²) in [4.78, 5) is 53.8. The molecule has 3 aliphatic carbocycles. The number of hydrogen-bond donors (Lipinski definition) is 0. The minimum atomic E-state index is -1.39. The summed E-state index contributed by atoms with van der Waals surface area (Å²) in [5.74, 6) is -4.69. The standard InChI is InChI=1S/C35H24Cl3NO5/c36-22-16-14-21(15-17-22)28(40)19-44-33(43)27(18-20-8-2-1-3-9-20)39-31(41)29-30(32(39)42)35(38)24-11-5-4-10-23(24)34(29,37)25-12-6-7-13-26(25)35/h1-17,27,29-30H,18-19H2/t27-,29+,30+,34?,35?/m0/s1. The predicted molar refractivity (Wildman–Crippen MR) is 166 cm³/mol. The van der Waals surface area contributed by atoms with E-state index < -0.39 is 57.8 Å². The largest absolute Gasteiger partial charge is 0.456 e. The fraction of sp³-hybridized carbons (Fsp3) is 0.200. The van der Waals surface area contributed by atoms with Gasteiger partial charge in [-0.15, -0.1) is 23.2 Å². The first-order valence-electron chi connectivity index (χ1n) is 14.1. The summed E-state index contributed by atoms with van der Waals surface area (Å²) >= 11 is 21.0. The molecule has 8 rings (SSSR count). The molecule has 1 fully saturated rings. The maximum Gasteiger partial charge on any atom is 0.330 e. The Labute approximate surface area is 268 Å². The lowest BCUT2D eigenvalue weighted by Gasteiger charge is -2.54. The lowest BCUT2D eigenvalue weighted by molar-refractivity contribution is -0.158. The van der Waals surface area contributed by atoms with Crippen LogP contribution in [0.4, 0.5) is 0 Å². The third kappa shape index (κ3) is 4.08. The van der Waals surface area contributed by atoms with Crippen molar-refractivity contribution in [2.45, 2.75) is 22.2 Å². The van der Waals surface area contributed by atoms with Gasteiger partial charge in [0.1, 0.15) is 15.8 Å². The van der Waals surface area contributed by atoms with E-state index in [1.807, 2.05) is 54.6 Å². The zero-order chi connectivity index (χ0) is 30.8. The van der Waals surface area contributed by atoms with Crippen LogP contribution >= 0.6 is 34.8 Å². The number of carbonyl (C=O) groups is 4. The normalized spacial score (nSPS) is 25.2. The van der Waals surface area contributed by atoms with Gasteiger partial charge in [0.05, 0.1) is 11.8 Å². The lowest BCUT2D eigenvalue weighted by atomic mass is 9.54. The summed E-state index contributed by atoms with van der Waals surface area (Å²) in [7, 11) is 0. The molecule has 6 nitrogen and oxygen atoms in total. The van der Waals surface area contributed by atoms with E-state index in [1.54, 1.807) is 36.4 Å². The van der Waals surface area contributed by atoms with Gasteiger partial charge in [-0.25, -0.2) is 4.79 Å². The number of esters is 1. The highest BCUT2D eigenvalue weighted by atomic mass is 35.5. The van der Waals surface area contributed by atoms with Crippen LogP contribution in [0.1, 0.15) is 38.2 Å². The molecule has 2 amide bonds. The Balaban J connectivity index is 1.28. The Morgan fingerprint density at radius 3 is 1.64 bits per heavy atom. The van der Waals surface area contributed by atoms with Crippen LogP contribution in [-0.4, -0.2) is 41.1 Å². The highest BCUT2D eigenvalue weighted by Gasteiger charge is 2.73. The average molecular weight is 645 g/mol. The minimum Gasteiger partial charge on any atom is -0.456 e. The first kappa shape index (κ1) is 28.8. The number of Topliss-reactive ketones (excluding diaryl/α,β-unsaturated/α-hetero) is 1. The Kier molecular flexibility index (Phi) is 6.92. The quantitative estimate of drug-likeness (QED) is 0.103. The third-order valence-corrected chi connectivity index (χ3v) is 10.5. The van der Waals surface area contributed by atoms with E-state index in [2.05, 4.69) is 0 Å². The third-order valence-electron chi connectivity index (χ3n) is 8.99. The second-order valence-electron chi connectivity index (χ2n) is 11.3. The molecule has 0 saturated carbocycles. The number of amides is 2. The highest BCUT2D eigenvalue weighted by molar-refractivity contribution is 6.36. The van der Waals surface area contributed by atoms with Crippen molar-refractivity contribution in [2.75, 3.05) is 6.61 Å². The fourth-order valence-electron chi connectivity index (χ4n) is 7.07. The SMILES string of the molecule is O=C(COC(=O)[C@H](Cc1ccccc1)N1C(=O)[C@H]2[C@H](C1=O)C1(Cl)c3ccccc3C2(Cl)c2ccccc21)c1ccc(Cl)cc1. The monoisotopic (exact) mass is 643 g/mol. The summed E-state index contributed by atoms with van der Waals surface area (Å²) in [6.45, 7) is -0.579. The second kappa shape index (κ2) is 10.6. The molecule has 1 saturated heterocycles. The van der Waals surface area contributed by atoms with Crippen LogP contribution in [0.2, 0.25) is 5.02 Å². The van der Waals surface area contributed by atoms with E-state index in [0.29, 0.717) is 38.4 Å². The molecule has 9 heteroatoms. The number of benzene rings is 4. The number of alkyl halides is 2. The van der Waals surface area contributed by atoms with E-state index in [9.17, 15) is 19.2 Å². The van der Waals surface area contributed by atoms with Crippen molar-refractivity contribution in [3.63, 3.8) is 0 Å². The number of halogens is 3. The van der Waals surface area contributed by atoms with Crippen LogP contribution in [0.25, 0.3) is 0 Å². The van der Waals surface area contributed by atoms with Crippen molar-refractivity contribution < 1.29 is 23.9 Å². The Bertz CT molecular complexity index is 1720. The molecule has 0 radical (unpaired) electrons. The molecule has 3 atom stereocenters. The van der Waals surface area contributed by atoms with E-state index in [4.69, 9.17) is 39.5 Å². The number of hydrogen-bond acceptors (Lipinski definition) is 5. The second-order valence-corrected chi connectivity index (χ2v) is 12.9. The van der Waals surface area contributed by atoms with Gasteiger partial charge in [-0.1, -0.05) is 90.5 Å². The van der Waals surface area contributed by atoms with Crippen LogP contribution in [0.3, 0.4) is 0 Å². The lowest BCUT2D eigenvalue weighted by Crippen LogP contribution is -2.57. The molecule has 0 N–H and O–H groups in total. The number of carbonyl (C=O) groups excluding carboxylic acids is 4. The van der Waals surface area contributed by atoms with Crippen molar-refractivity contribution in [3.8, 4) is 0 Å². The van der Waals surface area contributed by atoms with Crippen LogP contribution in [-0.2, 0) is 35.3 Å². The van der Waals surface area contributed by atoms with Gasteiger partial charge >= 0.3 is 5.97 Å². The van der Waals surface area contributed by atoms with Gasteiger partial charge < -0.3 is 4.74 Å². The van der Waals surface area contributed by atoms with Crippen molar-refractivity contribution in [2.24, 2.45) is 11.8 Å². The van der Waals surface area contributed by atoms with Crippen molar-refractivity contribution >= 4 is 58.4 Å². The van der Waals surface area contributed by atoms with Gasteiger partial charge in [0, 0.05) is 17.0 Å². The average Bonchev–Trinajstić information content (AvgIpc) is 3.32. The zero-order valence-corrected chi connectivity index (χ0v) is 25.4. The molecule has 0 unspecified atom stereocenters. The first-order valence-corrected chi connectivity index (χ1v) is 15.2. The van der Waals surface area contributed by atoms with Crippen molar-refractivity contribution in [1.29, 1.82) is 0 Å². The van der Waals surface area contributed by atoms with Crippen LogP contribution in [0, 0.1) is 11.8 Å². The summed E-state index contributed by atoms with van der Waals surface area (Å²) in [6.07, 6.45) is -0.0177. The maximum absolute atomic E-state index is 14.5. The molecule has 4 aromatic carbocycles. The molecule has 2 bridgehead atoms. The van der Waals surface area contributed by atoms with Gasteiger partial charge in [0.15, 0.2) is 12.4 Å². The van der Waals surface area contributed by atoms with E-state index >= 15 is 0 Å². The minimum absolute atomic E-state index is 0.0177. The molecular weight excluding hydrogens is 621 g/mol. The predicted octanol–water partition coefficient (Wildman–Crippen LogP) is 6.27. The number of imide groups is 1. The summed E-state index contributed by atoms with van der Waals surface area (Å²) in [5.41, 5.74) is 3.66. The summed E-state index contributed by atoms with van der Waals surface area (Å²) < 4.78 is 5.49. The molecule has 0 spiro atoms. The van der Waals surface area contributed by atoms with E-state index in [-0.39, 0.29) is 6.42 Å². The molecule has 1 aliphatic heterocycles. The van der Waals surface area contributed by atoms with Crippen molar-refractivity contribution in [3.05, 3.63) is 142 Å². The molecule has 1 heterocycles. The highest BCUT2D eigenvalue weighted by Crippen LogP contribution is 2.69. The number of nitrogens with zero attached hydrogens (tertiary/aromatic N) is 1. The molecule has 4 aliphatic rings. The number of likely N-dealkylation sites (tertiary alicyclic amines) is 1. The smallest absolute Gasteiger partial charge is 0.330 e. The summed E-state index contributed by atoms with van der Waals surface area (Å²) in [5, 5.41) is 0.460. The van der Waals surface area contributed by atoms with Crippen LogP contribution in [0.5, 0.6) is 0 Å². The summed E-state index contributed by atoms with van der Waals surface area (Å²) in [6, 6.07) is 28.5. The van der Waals surface area contributed by atoms with Gasteiger partial charge in [0.2, 0.25) is 11.8 Å². The van der Waals surface area contributed by atoms with Crippen molar-refractivity contribution in [1.82, 2.24) is 4.90 Å². The van der Waals surface area contributed by atoms with E-state index in [1.165, 1.54) is 12.1 Å². The fourth-order valence-corrected chi connectivity index (χ4v) is 8.29. The number of ether oxygens (including phenoxy) is 1. The molecular formula is C35H24Cl3NO5. The maximum atomic E-state index is 14.5. The number of ketones is 1. The van der Waals surface area contributed by atoms with Gasteiger partial charge in [-0.2, -0.15) is 0 Å². The van der Waals surface area contributed by atoms with Gasteiger partial charge in [0.25, 0.3) is 0 Å². The van der Waals surface area contributed by atoms with E-state index in [0.717, 1.165) is 4.90 Å². The molecule has 4 aromatic rings. The molecule has 0 aromatic heterocycles. The van der Waals surface area contributed by atoms with Gasteiger partial charge in [-0.05, 0) is 52.1 Å². The molecule has 44 heavy (non-hydrogen) atoms. The Hall–Kier alpha value is -3.97. The topological polar surface area (TPSA) is 80.8 Å².